The van der Waals surface area contributed by atoms with Gasteiger partial charge in [-0.2, -0.15) is 0 Å². The third-order valence-electron chi connectivity index (χ3n) is 8.91. The van der Waals surface area contributed by atoms with Crippen molar-refractivity contribution in [2.24, 2.45) is 0 Å². The first kappa shape index (κ1) is 44.4. The molecule has 16 heteroatoms. The van der Waals surface area contributed by atoms with E-state index < -0.39 is 20.0 Å². The first-order chi connectivity index (χ1) is 25.0. The summed E-state index contributed by atoms with van der Waals surface area (Å²) in [5, 5.41) is 1.66. The average molecular weight is 959 g/mol. The van der Waals surface area contributed by atoms with Crippen molar-refractivity contribution in [3.05, 3.63) is 30.8 Å². The van der Waals surface area contributed by atoms with E-state index in [1.54, 1.807) is 22.7 Å². The van der Waals surface area contributed by atoms with Crippen LogP contribution in [-0.2, 0) is 32.9 Å². The summed E-state index contributed by atoms with van der Waals surface area (Å²) >= 11 is 13.3. The van der Waals surface area contributed by atoms with Gasteiger partial charge in [0.15, 0.2) is 9.66 Å². The fraction of sp³-hybridized carbons (Fsp3) is 0.667. The molecule has 0 aromatic carbocycles. The van der Waals surface area contributed by atoms with Gasteiger partial charge in [-0.3, -0.25) is 0 Å². The lowest BCUT2D eigenvalue weighted by molar-refractivity contribution is 0.558. The van der Waals surface area contributed by atoms with Crippen molar-refractivity contribution in [1.29, 1.82) is 0 Å². The molecule has 52 heavy (non-hydrogen) atoms. The van der Waals surface area contributed by atoms with Gasteiger partial charge < -0.3 is 0 Å². The number of fused-ring (bicyclic) bond motifs is 1. The van der Waals surface area contributed by atoms with Gasteiger partial charge in [-0.05, 0) is 80.8 Å². The molecular formula is C36H54Br2N4O4S6. The molecule has 0 aliphatic heterocycles. The zero-order valence-corrected chi connectivity index (χ0v) is 38.5. The highest BCUT2D eigenvalue weighted by Gasteiger charge is 2.22. The fourth-order valence-electron chi connectivity index (χ4n) is 5.97. The van der Waals surface area contributed by atoms with Crippen molar-refractivity contribution in [2.45, 2.75) is 129 Å². The Hall–Kier alpha value is -0.300. The third kappa shape index (κ3) is 15.3. The Morgan fingerprint density at radius 2 is 0.885 bits per heavy atom. The minimum Gasteiger partial charge on any atom is -0.222 e. The van der Waals surface area contributed by atoms with Crippen molar-refractivity contribution in [1.82, 2.24) is 19.4 Å². The lowest BCUT2D eigenvalue weighted by atomic mass is 10.1. The summed E-state index contributed by atoms with van der Waals surface area (Å²) in [6, 6.07) is 3.99. The van der Waals surface area contributed by atoms with Gasteiger partial charge >= 0.3 is 0 Å². The lowest BCUT2D eigenvalue weighted by Gasteiger charge is -2.07. The van der Waals surface area contributed by atoms with E-state index in [9.17, 15) is 16.8 Å². The van der Waals surface area contributed by atoms with Gasteiger partial charge in [0.25, 0.3) is 0 Å². The van der Waals surface area contributed by atoms with E-state index in [4.69, 9.17) is 9.97 Å². The molecule has 0 spiro atoms. The van der Waals surface area contributed by atoms with Crippen LogP contribution in [0.25, 0.3) is 29.4 Å². The minimum atomic E-state index is -3.38. The van der Waals surface area contributed by atoms with Crippen molar-refractivity contribution >= 4 is 107 Å². The first-order valence-electron chi connectivity index (χ1n) is 18.8. The quantitative estimate of drug-likeness (QED) is 0.0548. The van der Waals surface area contributed by atoms with Crippen LogP contribution in [-0.4, -0.2) is 51.4 Å². The number of thiophene rings is 2. The molecule has 0 radical (unpaired) electrons. The average Bonchev–Trinajstić information content (AvgIpc) is 3.87. The Morgan fingerprint density at radius 1 is 0.538 bits per heavy atom. The Morgan fingerprint density at radius 3 is 1.25 bits per heavy atom. The third-order valence-corrected chi connectivity index (χ3v) is 17.4. The minimum absolute atomic E-state index is 0.0306. The maximum atomic E-state index is 12.8. The van der Waals surface area contributed by atoms with E-state index in [2.05, 4.69) is 55.2 Å². The molecule has 0 unspecified atom stereocenters. The van der Waals surface area contributed by atoms with E-state index in [1.165, 1.54) is 86.9 Å². The number of hydrogen-bond donors (Lipinski definition) is 2. The smallest absolute Gasteiger partial charge is 0.211 e. The van der Waals surface area contributed by atoms with Gasteiger partial charge in [0.05, 0.1) is 28.8 Å². The molecule has 4 aromatic rings. The van der Waals surface area contributed by atoms with Crippen LogP contribution in [0.4, 0.5) is 0 Å². The molecule has 4 aromatic heterocycles. The molecule has 0 aliphatic carbocycles. The molecule has 2 N–H and O–H groups in total. The van der Waals surface area contributed by atoms with Crippen LogP contribution in [0.1, 0.15) is 128 Å². The number of nitrogens with zero attached hydrogens (tertiary/aromatic N) is 2. The number of nitrogens with one attached hydrogen (secondary N) is 2. The maximum Gasteiger partial charge on any atom is 0.211 e. The largest absolute Gasteiger partial charge is 0.222 e. The molecule has 0 saturated carbocycles. The standard InChI is InChI=1S/C36H54Br2N4O4S6/c1-3-5-7-9-11-13-15-17-21-39-51(43,44)23-19-27-25-29(37)47-31(27)33-41-35-36(49-33)42-34(50-35)32-28(26-30(38)48-32)20-24-52(45,46)40-22-18-16-14-12-10-8-6-4-2/h25-26,39-40H,3-24H2,1-2H3. The Bertz CT molecular complexity index is 1710. The SMILES string of the molecule is CCCCCCCCCCNS(=O)(=O)CCc1cc(Br)sc1-c1nc2sc(-c3sc(Br)cc3CCS(=O)(=O)NCCCCCCCCCC)nc2s1. The van der Waals surface area contributed by atoms with Gasteiger partial charge in [0.2, 0.25) is 20.0 Å². The Kier molecular flexibility index (Phi) is 19.7. The topological polar surface area (TPSA) is 118 Å². The van der Waals surface area contributed by atoms with E-state index >= 15 is 0 Å². The zero-order chi connectivity index (χ0) is 37.4. The van der Waals surface area contributed by atoms with Crippen molar-refractivity contribution in [2.75, 3.05) is 24.6 Å². The molecule has 8 nitrogen and oxygen atoms in total. The van der Waals surface area contributed by atoms with Crippen LogP contribution in [0.3, 0.4) is 0 Å². The first-order valence-corrected chi connectivity index (χ1v) is 26.9. The highest BCUT2D eigenvalue weighted by Crippen LogP contribution is 2.44. The molecule has 0 aliphatic rings. The monoisotopic (exact) mass is 956 g/mol. The van der Waals surface area contributed by atoms with E-state index in [-0.39, 0.29) is 11.5 Å². The molecule has 292 valence electrons. The summed E-state index contributed by atoms with van der Waals surface area (Å²) in [7, 11) is -6.77. The Labute approximate surface area is 344 Å². The zero-order valence-electron chi connectivity index (χ0n) is 30.4. The van der Waals surface area contributed by atoms with E-state index in [1.807, 2.05) is 12.1 Å². The molecule has 4 heterocycles. The predicted octanol–water partition coefficient (Wildman–Crippen LogP) is 11.9. The summed E-state index contributed by atoms with van der Waals surface area (Å²) in [5.41, 5.74) is 1.91. The molecule has 0 saturated heterocycles. The number of aryl methyl sites for hydroxylation is 2. The highest BCUT2D eigenvalue weighted by atomic mass is 79.9. The van der Waals surface area contributed by atoms with Gasteiger partial charge in [-0.25, -0.2) is 36.2 Å². The number of hydrogen-bond acceptors (Lipinski definition) is 10. The second-order valence-electron chi connectivity index (χ2n) is 13.3. The van der Waals surface area contributed by atoms with Crippen molar-refractivity contribution in [3.63, 3.8) is 0 Å². The van der Waals surface area contributed by atoms with Gasteiger partial charge in [-0.1, -0.05) is 126 Å². The molecule has 0 fully saturated rings. The van der Waals surface area contributed by atoms with Crippen LogP contribution in [0.15, 0.2) is 19.7 Å². The van der Waals surface area contributed by atoms with Gasteiger partial charge in [0, 0.05) is 13.1 Å². The molecule has 0 bridgehead atoms. The van der Waals surface area contributed by atoms with Crippen LogP contribution >= 0.6 is 77.2 Å². The molecular weight excluding hydrogens is 905 g/mol. The number of halogens is 2. The fourth-order valence-corrected chi connectivity index (χ4v) is 13.8. The van der Waals surface area contributed by atoms with E-state index in [0.29, 0.717) is 25.9 Å². The summed E-state index contributed by atoms with van der Waals surface area (Å²) in [6.07, 6.45) is 19.6. The summed E-state index contributed by atoms with van der Waals surface area (Å²) in [5.74, 6) is 0.0611. The van der Waals surface area contributed by atoms with Crippen LogP contribution in [0, 0.1) is 0 Å². The second-order valence-corrected chi connectivity index (χ2v) is 24.0. The van der Waals surface area contributed by atoms with Gasteiger partial charge in [-0.15, -0.1) is 22.7 Å². The normalized spacial score (nSPS) is 12.5. The summed E-state index contributed by atoms with van der Waals surface area (Å²) < 4.78 is 58.7. The number of thiazole rings is 2. The molecule has 4 rings (SSSR count). The highest BCUT2D eigenvalue weighted by molar-refractivity contribution is 9.11. The number of unbranched alkanes of at least 4 members (excludes halogenated alkanes) is 14. The molecule has 0 amide bonds. The van der Waals surface area contributed by atoms with E-state index in [0.717, 1.165) is 86.7 Å². The summed E-state index contributed by atoms with van der Waals surface area (Å²) in [4.78, 5) is 13.4. The van der Waals surface area contributed by atoms with Crippen LogP contribution in [0.5, 0.6) is 0 Å². The Balaban J connectivity index is 1.28. The predicted molar refractivity (Wildman–Crippen MR) is 234 cm³/mol. The lowest BCUT2D eigenvalue weighted by Crippen LogP contribution is -2.28. The second kappa shape index (κ2) is 23.1. The number of sulfonamides is 2. The van der Waals surface area contributed by atoms with Crippen LogP contribution in [0.2, 0.25) is 0 Å². The number of rotatable bonds is 28. The van der Waals surface area contributed by atoms with Crippen LogP contribution < -0.4 is 9.44 Å². The van der Waals surface area contributed by atoms with Crippen molar-refractivity contribution in [3.8, 4) is 19.8 Å². The molecule has 0 atom stereocenters. The van der Waals surface area contributed by atoms with Crippen molar-refractivity contribution < 1.29 is 16.8 Å². The van der Waals surface area contributed by atoms with Gasteiger partial charge in [0.1, 0.15) is 10.0 Å². The number of aromatic nitrogens is 2. The maximum absolute atomic E-state index is 12.8. The summed E-state index contributed by atoms with van der Waals surface area (Å²) in [6.45, 7) is 5.42.